The first-order valence-corrected chi connectivity index (χ1v) is 7.59. The maximum atomic E-state index is 12.2. The molecule has 1 unspecified atom stereocenters. The number of halogens is 2. The van der Waals surface area contributed by atoms with E-state index in [2.05, 4.69) is 0 Å². The van der Waals surface area contributed by atoms with Crippen LogP contribution in [0.4, 0.5) is 5.69 Å². The number of benzene rings is 1. The molecule has 0 aliphatic carbocycles. The smallest absolute Gasteiger partial charge is 0.238 e. The van der Waals surface area contributed by atoms with Crippen LogP contribution in [-0.2, 0) is 14.4 Å². The zero-order valence-electron chi connectivity index (χ0n) is 10.6. The standard InChI is InChI=1S/C13H11Cl2NO3S/c1-7(17)20-6-8-4-12(18)16(13(8)19)9-2-3-10(14)11(15)5-9/h2-3,5,8H,4,6H2,1H3. The molecule has 4 nitrogen and oxygen atoms in total. The SMILES string of the molecule is CC(=O)SCC1CC(=O)N(c2ccc(Cl)c(Cl)c2)C1=O. The van der Waals surface area contributed by atoms with Crippen molar-refractivity contribution in [3.63, 3.8) is 0 Å². The molecular weight excluding hydrogens is 321 g/mol. The molecule has 106 valence electrons. The molecule has 1 atom stereocenters. The van der Waals surface area contributed by atoms with Gasteiger partial charge in [-0.1, -0.05) is 35.0 Å². The lowest BCUT2D eigenvalue weighted by Crippen LogP contribution is -2.30. The highest BCUT2D eigenvalue weighted by molar-refractivity contribution is 8.13. The van der Waals surface area contributed by atoms with Crippen molar-refractivity contribution < 1.29 is 14.4 Å². The van der Waals surface area contributed by atoms with Gasteiger partial charge in [-0.05, 0) is 18.2 Å². The predicted octanol–water partition coefficient (Wildman–Crippen LogP) is 3.15. The van der Waals surface area contributed by atoms with Gasteiger partial charge in [0.15, 0.2) is 5.12 Å². The van der Waals surface area contributed by atoms with Crippen molar-refractivity contribution in [3.8, 4) is 0 Å². The summed E-state index contributed by atoms with van der Waals surface area (Å²) in [7, 11) is 0. The Labute approximate surface area is 130 Å². The lowest BCUT2D eigenvalue weighted by Gasteiger charge is -2.15. The van der Waals surface area contributed by atoms with E-state index in [0.717, 1.165) is 16.7 Å². The molecule has 1 aromatic carbocycles. The van der Waals surface area contributed by atoms with Crippen LogP contribution in [0, 0.1) is 5.92 Å². The predicted molar refractivity (Wildman–Crippen MR) is 80.2 cm³/mol. The normalized spacial score (nSPS) is 18.8. The highest BCUT2D eigenvalue weighted by Crippen LogP contribution is 2.32. The summed E-state index contributed by atoms with van der Waals surface area (Å²) < 4.78 is 0. The minimum absolute atomic E-state index is 0.0711. The van der Waals surface area contributed by atoms with Crippen molar-refractivity contribution in [2.24, 2.45) is 5.92 Å². The van der Waals surface area contributed by atoms with E-state index < -0.39 is 5.92 Å². The summed E-state index contributed by atoms with van der Waals surface area (Å²) in [4.78, 5) is 36.2. The number of amides is 2. The first-order chi connectivity index (χ1) is 9.40. The second-order valence-electron chi connectivity index (χ2n) is 4.37. The van der Waals surface area contributed by atoms with Crippen molar-refractivity contribution in [3.05, 3.63) is 28.2 Å². The van der Waals surface area contributed by atoms with Gasteiger partial charge in [-0.2, -0.15) is 0 Å². The van der Waals surface area contributed by atoms with E-state index in [1.165, 1.54) is 19.1 Å². The van der Waals surface area contributed by atoms with Crippen LogP contribution in [-0.4, -0.2) is 22.7 Å². The number of carbonyl (C=O) groups excluding carboxylic acids is 3. The van der Waals surface area contributed by atoms with E-state index >= 15 is 0 Å². The van der Waals surface area contributed by atoms with Crippen LogP contribution < -0.4 is 4.90 Å². The first kappa shape index (κ1) is 15.4. The fraction of sp³-hybridized carbons (Fsp3) is 0.308. The summed E-state index contributed by atoms with van der Waals surface area (Å²) in [5, 5.41) is 0.572. The lowest BCUT2D eigenvalue weighted by molar-refractivity contribution is -0.122. The van der Waals surface area contributed by atoms with Crippen molar-refractivity contribution in [2.75, 3.05) is 10.7 Å². The largest absolute Gasteiger partial charge is 0.288 e. The Bertz CT molecular complexity index is 591. The summed E-state index contributed by atoms with van der Waals surface area (Å²) >= 11 is 12.8. The molecule has 0 saturated carbocycles. The second kappa shape index (κ2) is 6.16. The molecule has 1 fully saturated rings. The fourth-order valence-corrected chi connectivity index (χ4v) is 2.93. The quantitative estimate of drug-likeness (QED) is 0.798. The van der Waals surface area contributed by atoms with E-state index in [9.17, 15) is 14.4 Å². The third-order valence-electron chi connectivity index (χ3n) is 2.89. The van der Waals surface area contributed by atoms with Crippen LogP contribution in [0.3, 0.4) is 0 Å². The summed E-state index contributed by atoms with van der Waals surface area (Å²) in [5.41, 5.74) is 0.407. The van der Waals surface area contributed by atoms with E-state index in [1.807, 2.05) is 0 Å². The third kappa shape index (κ3) is 3.16. The molecule has 1 aliphatic rings. The highest BCUT2D eigenvalue weighted by atomic mass is 35.5. The van der Waals surface area contributed by atoms with E-state index in [4.69, 9.17) is 23.2 Å². The first-order valence-electron chi connectivity index (χ1n) is 5.85. The average molecular weight is 332 g/mol. The average Bonchev–Trinajstić information content (AvgIpc) is 2.65. The second-order valence-corrected chi connectivity index (χ2v) is 6.38. The number of hydrogen-bond donors (Lipinski definition) is 0. The minimum Gasteiger partial charge on any atom is -0.288 e. The molecule has 0 bridgehead atoms. The number of carbonyl (C=O) groups is 3. The molecule has 1 aliphatic heterocycles. The molecule has 0 radical (unpaired) electrons. The number of anilines is 1. The molecule has 2 rings (SSSR count). The van der Waals surface area contributed by atoms with Gasteiger partial charge in [0.1, 0.15) is 0 Å². The topological polar surface area (TPSA) is 54.5 Å². The molecule has 2 amide bonds. The van der Waals surface area contributed by atoms with Crippen LogP contribution in [0.1, 0.15) is 13.3 Å². The van der Waals surface area contributed by atoms with Gasteiger partial charge in [0.2, 0.25) is 11.8 Å². The molecule has 0 spiro atoms. The van der Waals surface area contributed by atoms with E-state index in [1.54, 1.807) is 6.07 Å². The number of imide groups is 1. The minimum atomic E-state index is -0.467. The third-order valence-corrected chi connectivity index (χ3v) is 4.60. The van der Waals surface area contributed by atoms with Crippen LogP contribution in [0.2, 0.25) is 10.0 Å². The summed E-state index contributed by atoms with van der Waals surface area (Å²) in [6, 6.07) is 4.60. The van der Waals surface area contributed by atoms with Crippen LogP contribution in [0.25, 0.3) is 0 Å². The summed E-state index contributed by atoms with van der Waals surface area (Å²) in [5.74, 6) is -0.742. The molecule has 1 heterocycles. The Morgan fingerprint density at radius 2 is 2.05 bits per heavy atom. The number of thioether (sulfide) groups is 1. The zero-order chi connectivity index (χ0) is 14.9. The van der Waals surface area contributed by atoms with Crippen LogP contribution in [0.5, 0.6) is 0 Å². The van der Waals surface area contributed by atoms with Crippen LogP contribution >= 0.6 is 35.0 Å². The maximum absolute atomic E-state index is 12.2. The van der Waals surface area contributed by atoms with Crippen molar-refractivity contribution in [1.82, 2.24) is 0 Å². The van der Waals surface area contributed by atoms with Gasteiger partial charge in [0.05, 0.1) is 21.7 Å². The zero-order valence-corrected chi connectivity index (χ0v) is 12.9. The fourth-order valence-electron chi connectivity index (χ4n) is 1.94. The Hall–Kier alpha value is -1.04. The van der Waals surface area contributed by atoms with Crippen LogP contribution in [0.15, 0.2) is 18.2 Å². The van der Waals surface area contributed by atoms with Gasteiger partial charge >= 0.3 is 0 Å². The van der Waals surface area contributed by atoms with Crippen molar-refractivity contribution in [2.45, 2.75) is 13.3 Å². The highest BCUT2D eigenvalue weighted by Gasteiger charge is 2.39. The van der Waals surface area contributed by atoms with E-state index in [0.29, 0.717) is 16.5 Å². The number of hydrogen-bond acceptors (Lipinski definition) is 4. The monoisotopic (exact) mass is 331 g/mol. The summed E-state index contributed by atoms with van der Waals surface area (Å²) in [6.45, 7) is 1.43. The number of nitrogens with zero attached hydrogens (tertiary/aromatic N) is 1. The maximum Gasteiger partial charge on any atom is 0.238 e. The Morgan fingerprint density at radius 3 is 2.65 bits per heavy atom. The van der Waals surface area contributed by atoms with Gasteiger partial charge in [0.25, 0.3) is 0 Å². The van der Waals surface area contributed by atoms with Gasteiger partial charge < -0.3 is 0 Å². The molecule has 7 heteroatoms. The molecule has 1 aromatic rings. The molecule has 0 aromatic heterocycles. The molecule has 1 saturated heterocycles. The Balaban J connectivity index is 2.20. The lowest BCUT2D eigenvalue weighted by atomic mass is 10.1. The number of rotatable bonds is 3. The van der Waals surface area contributed by atoms with Gasteiger partial charge in [-0.3, -0.25) is 19.3 Å². The Morgan fingerprint density at radius 1 is 1.35 bits per heavy atom. The van der Waals surface area contributed by atoms with Gasteiger partial charge in [-0.25, -0.2) is 0 Å². The summed E-state index contributed by atoms with van der Waals surface area (Å²) in [6.07, 6.45) is 0.110. The van der Waals surface area contributed by atoms with Gasteiger partial charge in [0, 0.05) is 19.1 Å². The molecular formula is C13H11Cl2NO3S. The molecule has 20 heavy (non-hydrogen) atoms. The van der Waals surface area contributed by atoms with Crippen molar-refractivity contribution in [1.29, 1.82) is 0 Å². The Kier molecular flexibility index (Phi) is 4.73. The molecule has 0 N–H and O–H groups in total. The van der Waals surface area contributed by atoms with Gasteiger partial charge in [-0.15, -0.1) is 0 Å². The van der Waals surface area contributed by atoms with Crippen molar-refractivity contribution >= 4 is 57.6 Å². The van der Waals surface area contributed by atoms with E-state index in [-0.39, 0.29) is 28.4 Å².